The molecule has 1 aliphatic carbocycles. The number of halogens is 5. The van der Waals surface area contributed by atoms with Crippen molar-refractivity contribution in [1.29, 1.82) is 5.26 Å². The Morgan fingerprint density at radius 1 is 1.14 bits per heavy atom. The van der Waals surface area contributed by atoms with Gasteiger partial charge < -0.3 is 9.30 Å². The molecular weight excluding hydrogens is 519 g/mol. The Hall–Kier alpha value is -3.24. The highest BCUT2D eigenvalue weighted by Crippen LogP contribution is 2.41. The van der Waals surface area contributed by atoms with E-state index in [4.69, 9.17) is 0 Å². The molecule has 0 spiro atoms. The van der Waals surface area contributed by atoms with Gasteiger partial charge in [0.15, 0.2) is 0 Å². The van der Waals surface area contributed by atoms with Crippen LogP contribution in [0.2, 0.25) is 0 Å². The Labute approximate surface area is 209 Å². The Kier molecular flexibility index (Phi) is 7.70. The van der Waals surface area contributed by atoms with Gasteiger partial charge in [0, 0.05) is 23.7 Å². The van der Waals surface area contributed by atoms with Crippen molar-refractivity contribution in [3.05, 3.63) is 42.1 Å². The SMILES string of the molecule is N#Cc1c(-c2ccc(S(=O)(=O)NC(CF)CF)cn2)n(C2CCCCC2)c2cc(OC(F)(F)F)ccc12. The summed E-state index contributed by atoms with van der Waals surface area (Å²) in [4.78, 5) is 3.89. The minimum absolute atomic E-state index is 0.128. The molecular formula is C24H23F5N4O3S. The molecule has 1 aliphatic rings. The quantitative estimate of drug-likeness (QED) is 0.376. The minimum atomic E-state index is -4.89. The second-order valence-corrected chi connectivity index (χ2v) is 10.4. The number of fused-ring (bicyclic) bond motifs is 1. The van der Waals surface area contributed by atoms with Gasteiger partial charge >= 0.3 is 6.36 Å². The fraction of sp³-hybridized carbons (Fsp3) is 0.417. The first-order valence-electron chi connectivity index (χ1n) is 11.5. The zero-order valence-corrected chi connectivity index (χ0v) is 20.2. The van der Waals surface area contributed by atoms with Crippen molar-refractivity contribution < 1.29 is 35.1 Å². The van der Waals surface area contributed by atoms with Crippen LogP contribution < -0.4 is 9.46 Å². The van der Waals surface area contributed by atoms with Gasteiger partial charge in [0.05, 0.1) is 28.5 Å². The van der Waals surface area contributed by atoms with E-state index in [-0.39, 0.29) is 22.2 Å². The number of ether oxygens (including phenoxy) is 1. The summed E-state index contributed by atoms with van der Waals surface area (Å²) in [5.41, 5.74) is 1.11. The van der Waals surface area contributed by atoms with Crippen LogP contribution in [-0.4, -0.2) is 43.7 Å². The summed E-state index contributed by atoms with van der Waals surface area (Å²) in [6.07, 6.45) is 0.377. The van der Waals surface area contributed by atoms with Gasteiger partial charge in [0.25, 0.3) is 0 Å². The fourth-order valence-corrected chi connectivity index (χ4v) is 5.78. The Morgan fingerprint density at radius 2 is 1.84 bits per heavy atom. The molecule has 0 aliphatic heterocycles. The molecule has 1 aromatic carbocycles. The van der Waals surface area contributed by atoms with Crippen molar-refractivity contribution in [3.63, 3.8) is 0 Å². The third-order valence-electron chi connectivity index (χ3n) is 6.24. The number of pyridine rings is 1. The van der Waals surface area contributed by atoms with E-state index < -0.39 is 41.5 Å². The second kappa shape index (κ2) is 10.6. The van der Waals surface area contributed by atoms with E-state index >= 15 is 0 Å². The Balaban J connectivity index is 1.85. The molecule has 1 saturated carbocycles. The third-order valence-corrected chi connectivity index (χ3v) is 7.75. The lowest BCUT2D eigenvalue weighted by atomic mass is 9.95. The molecule has 0 bridgehead atoms. The van der Waals surface area contributed by atoms with Gasteiger partial charge in [-0.25, -0.2) is 21.9 Å². The second-order valence-electron chi connectivity index (χ2n) is 8.73. The van der Waals surface area contributed by atoms with Crippen LogP contribution in [0.5, 0.6) is 5.75 Å². The minimum Gasteiger partial charge on any atom is -0.406 e. The van der Waals surface area contributed by atoms with Crippen LogP contribution in [0.3, 0.4) is 0 Å². The summed E-state index contributed by atoms with van der Waals surface area (Å²) in [5, 5.41) is 10.4. The molecule has 3 aromatic rings. The molecule has 0 radical (unpaired) electrons. The monoisotopic (exact) mass is 542 g/mol. The summed E-state index contributed by atoms with van der Waals surface area (Å²) in [7, 11) is -4.26. The van der Waals surface area contributed by atoms with E-state index in [1.165, 1.54) is 24.3 Å². The predicted molar refractivity (Wildman–Crippen MR) is 125 cm³/mol. The number of benzene rings is 1. The number of hydrogen-bond acceptors (Lipinski definition) is 5. The number of nitrogens with zero attached hydrogens (tertiary/aromatic N) is 3. The lowest BCUT2D eigenvalue weighted by Gasteiger charge is -2.26. The fourth-order valence-electron chi connectivity index (χ4n) is 4.64. The number of alkyl halides is 5. The van der Waals surface area contributed by atoms with Gasteiger partial charge in [-0.3, -0.25) is 4.98 Å². The van der Waals surface area contributed by atoms with Gasteiger partial charge in [-0.05, 0) is 37.1 Å². The predicted octanol–water partition coefficient (Wildman–Crippen LogP) is 5.56. The first-order valence-corrected chi connectivity index (χ1v) is 13.0. The molecule has 0 unspecified atom stereocenters. The van der Waals surface area contributed by atoms with Gasteiger partial charge in [-0.2, -0.15) is 5.26 Å². The highest BCUT2D eigenvalue weighted by Gasteiger charge is 2.32. The highest BCUT2D eigenvalue weighted by atomic mass is 32.2. The number of nitrogens with one attached hydrogen (secondary N) is 1. The average molecular weight is 543 g/mol. The van der Waals surface area contributed by atoms with Crippen molar-refractivity contribution in [2.75, 3.05) is 13.3 Å². The van der Waals surface area contributed by atoms with Gasteiger partial charge in [-0.15, -0.1) is 13.2 Å². The molecule has 0 saturated heterocycles. The van der Waals surface area contributed by atoms with Crippen LogP contribution in [0.1, 0.15) is 43.7 Å². The molecule has 37 heavy (non-hydrogen) atoms. The van der Waals surface area contributed by atoms with Gasteiger partial charge in [0.1, 0.15) is 30.1 Å². The molecule has 1 fully saturated rings. The van der Waals surface area contributed by atoms with E-state index in [0.717, 1.165) is 44.4 Å². The van der Waals surface area contributed by atoms with Gasteiger partial charge in [-0.1, -0.05) is 19.3 Å². The van der Waals surface area contributed by atoms with E-state index in [0.29, 0.717) is 16.6 Å². The van der Waals surface area contributed by atoms with E-state index in [2.05, 4.69) is 15.8 Å². The van der Waals surface area contributed by atoms with Crippen LogP contribution >= 0.6 is 0 Å². The largest absolute Gasteiger partial charge is 0.573 e. The van der Waals surface area contributed by atoms with Crippen molar-refractivity contribution in [3.8, 4) is 23.2 Å². The van der Waals surface area contributed by atoms with Crippen molar-refractivity contribution in [1.82, 2.24) is 14.3 Å². The van der Waals surface area contributed by atoms with E-state index in [1.807, 2.05) is 4.72 Å². The highest BCUT2D eigenvalue weighted by molar-refractivity contribution is 7.89. The summed E-state index contributed by atoms with van der Waals surface area (Å²) >= 11 is 0. The zero-order chi connectivity index (χ0) is 26.8. The van der Waals surface area contributed by atoms with Crippen LogP contribution in [0.25, 0.3) is 22.3 Å². The number of nitriles is 1. The molecule has 7 nitrogen and oxygen atoms in total. The van der Waals surface area contributed by atoms with E-state index in [1.54, 1.807) is 4.57 Å². The van der Waals surface area contributed by atoms with Crippen molar-refractivity contribution >= 4 is 20.9 Å². The van der Waals surface area contributed by atoms with Crippen LogP contribution in [0.15, 0.2) is 41.4 Å². The number of rotatable bonds is 8. The molecule has 2 aromatic heterocycles. The molecule has 1 N–H and O–H groups in total. The van der Waals surface area contributed by atoms with E-state index in [9.17, 15) is 35.6 Å². The summed E-state index contributed by atoms with van der Waals surface area (Å²) in [5.74, 6) is -0.429. The third kappa shape index (κ3) is 5.70. The first-order chi connectivity index (χ1) is 17.6. The lowest BCUT2D eigenvalue weighted by Crippen LogP contribution is -2.37. The van der Waals surface area contributed by atoms with Crippen LogP contribution in [-0.2, 0) is 10.0 Å². The lowest BCUT2D eigenvalue weighted by molar-refractivity contribution is -0.274. The topological polar surface area (TPSA) is 97.0 Å². The molecule has 4 rings (SSSR count). The summed E-state index contributed by atoms with van der Waals surface area (Å²) in [6, 6.07) is 6.76. The van der Waals surface area contributed by atoms with Gasteiger partial charge in [0.2, 0.25) is 10.0 Å². The molecule has 0 amide bonds. The number of sulfonamides is 1. The van der Waals surface area contributed by atoms with Crippen LogP contribution in [0, 0.1) is 11.3 Å². The van der Waals surface area contributed by atoms with Crippen LogP contribution in [0.4, 0.5) is 22.0 Å². The standard InChI is InChI=1S/C24H23F5N4O3S/c25-11-15(12-26)32-37(34,35)18-7-9-21(31-14-18)23-20(13-30)19-8-6-17(36-24(27,28)29)10-22(19)33(23)16-4-2-1-3-5-16/h6-10,14-16,32H,1-5,11-12H2. The maximum Gasteiger partial charge on any atom is 0.573 e. The van der Waals surface area contributed by atoms with Crippen molar-refractivity contribution in [2.24, 2.45) is 0 Å². The molecule has 13 heteroatoms. The zero-order valence-electron chi connectivity index (χ0n) is 19.4. The summed E-state index contributed by atoms with van der Waals surface area (Å²) < 4.78 is 97.1. The number of aromatic nitrogens is 2. The average Bonchev–Trinajstić information content (AvgIpc) is 3.20. The maximum atomic E-state index is 12.9. The Morgan fingerprint density at radius 3 is 2.41 bits per heavy atom. The summed E-state index contributed by atoms with van der Waals surface area (Å²) in [6.45, 7) is -2.46. The van der Waals surface area contributed by atoms with Crippen molar-refractivity contribution in [2.45, 2.75) is 55.4 Å². The Bertz CT molecular complexity index is 1410. The molecule has 198 valence electrons. The first kappa shape index (κ1) is 26.8. The number of hydrogen-bond donors (Lipinski definition) is 1. The normalized spacial score (nSPS) is 15.3. The molecule has 2 heterocycles. The maximum absolute atomic E-state index is 12.9. The molecule has 0 atom stereocenters. The smallest absolute Gasteiger partial charge is 0.406 e.